The molecule has 4 rings (SSSR count). The first kappa shape index (κ1) is 22.1. The zero-order valence-electron chi connectivity index (χ0n) is 18.1. The minimum Gasteiger partial charge on any atom is -0.366 e. The van der Waals surface area contributed by atoms with Gasteiger partial charge in [0.05, 0.1) is 17.7 Å². The van der Waals surface area contributed by atoms with Gasteiger partial charge in [0.25, 0.3) is 11.8 Å². The van der Waals surface area contributed by atoms with Gasteiger partial charge in [-0.3, -0.25) is 14.5 Å². The zero-order valence-corrected chi connectivity index (χ0v) is 18.1. The molecule has 1 unspecified atom stereocenters. The van der Waals surface area contributed by atoms with Gasteiger partial charge in [-0.2, -0.15) is 13.2 Å². The third-order valence-corrected chi connectivity index (χ3v) is 6.05. The maximum absolute atomic E-state index is 13.4. The van der Waals surface area contributed by atoms with E-state index in [9.17, 15) is 22.8 Å². The SMILES string of the molecule is Cc1ccc(C2=C(N3CCCC(C)C3)C(=O)N(Cc3cccc(C(F)(F)F)c3)C2=O)cc1. The van der Waals surface area contributed by atoms with Gasteiger partial charge in [-0.15, -0.1) is 0 Å². The van der Waals surface area contributed by atoms with Gasteiger partial charge in [-0.25, -0.2) is 0 Å². The molecule has 32 heavy (non-hydrogen) atoms. The Labute approximate surface area is 185 Å². The second-order valence-electron chi connectivity index (χ2n) is 8.68. The summed E-state index contributed by atoms with van der Waals surface area (Å²) in [6, 6.07) is 12.2. The highest BCUT2D eigenvalue weighted by Crippen LogP contribution is 2.35. The molecule has 2 amide bonds. The lowest BCUT2D eigenvalue weighted by atomic mass is 9.97. The molecule has 0 radical (unpaired) electrons. The largest absolute Gasteiger partial charge is 0.416 e. The molecular formula is C25H25F3N2O2. The monoisotopic (exact) mass is 442 g/mol. The molecular weight excluding hydrogens is 417 g/mol. The molecule has 0 bridgehead atoms. The molecule has 2 aromatic carbocycles. The number of hydrogen-bond donors (Lipinski definition) is 0. The number of imide groups is 1. The number of benzene rings is 2. The molecule has 2 aromatic rings. The van der Waals surface area contributed by atoms with Crippen LogP contribution < -0.4 is 0 Å². The average molecular weight is 442 g/mol. The number of amides is 2. The van der Waals surface area contributed by atoms with Gasteiger partial charge in [0.2, 0.25) is 0 Å². The van der Waals surface area contributed by atoms with E-state index in [0.717, 1.165) is 35.4 Å². The Morgan fingerprint density at radius 2 is 1.75 bits per heavy atom. The molecule has 1 saturated heterocycles. The highest BCUT2D eigenvalue weighted by molar-refractivity contribution is 6.35. The average Bonchev–Trinajstić information content (AvgIpc) is 2.99. The fraction of sp³-hybridized carbons (Fsp3) is 0.360. The molecule has 1 fully saturated rings. The summed E-state index contributed by atoms with van der Waals surface area (Å²) >= 11 is 0. The van der Waals surface area contributed by atoms with Gasteiger partial charge in [0, 0.05) is 13.1 Å². The van der Waals surface area contributed by atoms with Crippen molar-refractivity contribution in [3.63, 3.8) is 0 Å². The number of carbonyl (C=O) groups excluding carboxylic acids is 2. The van der Waals surface area contributed by atoms with Gasteiger partial charge in [-0.1, -0.05) is 48.9 Å². The molecule has 168 valence electrons. The first-order valence-electron chi connectivity index (χ1n) is 10.7. The second-order valence-corrected chi connectivity index (χ2v) is 8.68. The highest BCUT2D eigenvalue weighted by Gasteiger charge is 2.42. The van der Waals surface area contributed by atoms with Crippen LogP contribution in [0, 0.1) is 12.8 Å². The topological polar surface area (TPSA) is 40.6 Å². The lowest BCUT2D eigenvalue weighted by Gasteiger charge is -2.33. The van der Waals surface area contributed by atoms with Crippen molar-refractivity contribution in [2.45, 2.75) is 39.4 Å². The lowest BCUT2D eigenvalue weighted by molar-refractivity contribution is -0.138. The summed E-state index contributed by atoms with van der Waals surface area (Å²) < 4.78 is 39.4. The molecule has 0 saturated carbocycles. The van der Waals surface area contributed by atoms with Crippen molar-refractivity contribution in [3.8, 4) is 0 Å². The van der Waals surface area contributed by atoms with E-state index in [2.05, 4.69) is 6.92 Å². The summed E-state index contributed by atoms with van der Waals surface area (Å²) in [6.45, 7) is 5.18. The fourth-order valence-corrected chi connectivity index (χ4v) is 4.40. The Morgan fingerprint density at radius 3 is 2.41 bits per heavy atom. The smallest absolute Gasteiger partial charge is 0.366 e. The number of hydrogen-bond acceptors (Lipinski definition) is 3. The Bertz CT molecular complexity index is 1070. The van der Waals surface area contributed by atoms with Crippen molar-refractivity contribution in [2.24, 2.45) is 5.92 Å². The molecule has 0 aliphatic carbocycles. The van der Waals surface area contributed by atoms with Crippen LogP contribution in [0.2, 0.25) is 0 Å². The molecule has 0 aromatic heterocycles. The van der Waals surface area contributed by atoms with E-state index in [0.29, 0.717) is 35.8 Å². The van der Waals surface area contributed by atoms with E-state index in [4.69, 9.17) is 0 Å². The Kier molecular flexibility index (Phi) is 5.84. The second kappa shape index (κ2) is 8.45. The number of carbonyl (C=O) groups is 2. The van der Waals surface area contributed by atoms with Crippen LogP contribution in [0.4, 0.5) is 13.2 Å². The van der Waals surface area contributed by atoms with Gasteiger partial charge in [0.1, 0.15) is 5.70 Å². The summed E-state index contributed by atoms with van der Waals surface area (Å²) in [5.74, 6) is -0.530. The molecule has 4 nitrogen and oxygen atoms in total. The van der Waals surface area contributed by atoms with Crippen molar-refractivity contribution in [2.75, 3.05) is 13.1 Å². The van der Waals surface area contributed by atoms with E-state index in [1.165, 1.54) is 12.1 Å². The molecule has 2 heterocycles. The van der Waals surface area contributed by atoms with Crippen molar-refractivity contribution >= 4 is 17.4 Å². The van der Waals surface area contributed by atoms with E-state index < -0.39 is 23.6 Å². The summed E-state index contributed by atoms with van der Waals surface area (Å²) in [5.41, 5.74) is 1.83. The first-order chi connectivity index (χ1) is 15.1. The van der Waals surface area contributed by atoms with Crippen LogP contribution in [-0.2, 0) is 22.3 Å². The van der Waals surface area contributed by atoms with Crippen molar-refractivity contribution in [1.82, 2.24) is 9.80 Å². The van der Waals surface area contributed by atoms with Crippen LogP contribution in [0.5, 0.6) is 0 Å². The standard InChI is InChI=1S/C25H25F3N2O2/c1-16-8-10-19(11-9-16)21-22(29-12-4-5-17(2)14-29)24(32)30(23(21)31)15-18-6-3-7-20(13-18)25(26,27)28/h3,6-11,13,17H,4-5,12,14-15H2,1-2H3. The van der Waals surface area contributed by atoms with Crippen LogP contribution in [-0.4, -0.2) is 34.7 Å². The highest BCUT2D eigenvalue weighted by atomic mass is 19.4. The van der Waals surface area contributed by atoms with Crippen LogP contribution >= 0.6 is 0 Å². The lowest BCUT2D eigenvalue weighted by Crippen LogP contribution is -2.39. The van der Waals surface area contributed by atoms with Gasteiger partial charge in [-0.05, 0) is 48.9 Å². The van der Waals surface area contributed by atoms with E-state index in [1.807, 2.05) is 36.1 Å². The summed E-state index contributed by atoms with van der Waals surface area (Å²) in [6.07, 6.45) is -2.52. The molecule has 0 N–H and O–H groups in total. The summed E-state index contributed by atoms with van der Waals surface area (Å²) in [4.78, 5) is 29.9. The maximum atomic E-state index is 13.4. The zero-order chi connectivity index (χ0) is 23.0. The number of likely N-dealkylation sites (tertiary alicyclic amines) is 1. The quantitative estimate of drug-likeness (QED) is 0.624. The van der Waals surface area contributed by atoms with Crippen LogP contribution in [0.3, 0.4) is 0 Å². The number of nitrogens with zero attached hydrogens (tertiary/aromatic N) is 2. The first-order valence-corrected chi connectivity index (χ1v) is 10.7. The van der Waals surface area contributed by atoms with Gasteiger partial charge >= 0.3 is 6.18 Å². The Morgan fingerprint density at radius 1 is 1.03 bits per heavy atom. The number of aryl methyl sites for hydroxylation is 1. The summed E-state index contributed by atoms with van der Waals surface area (Å²) in [5, 5.41) is 0. The van der Waals surface area contributed by atoms with E-state index in [-0.39, 0.29) is 12.1 Å². The minimum atomic E-state index is -4.49. The number of rotatable bonds is 4. The predicted molar refractivity (Wildman–Crippen MR) is 115 cm³/mol. The van der Waals surface area contributed by atoms with Crippen LogP contribution in [0.15, 0.2) is 54.2 Å². The molecule has 7 heteroatoms. The van der Waals surface area contributed by atoms with Crippen molar-refractivity contribution in [1.29, 1.82) is 0 Å². The normalized spacial score (nSPS) is 19.8. The molecule has 1 atom stereocenters. The predicted octanol–water partition coefficient (Wildman–Crippen LogP) is 5.03. The molecule has 2 aliphatic heterocycles. The van der Waals surface area contributed by atoms with Gasteiger partial charge < -0.3 is 4.90 Å². The fourth-order valence-electron chi connectivity index (χ4n) is 4.40. The van der Waals surface area contributed by atoms with Crippen molar-refractivity contribution in [3.05, 3.63) is 76.5 Å². The van der Waals surface area contributed by atoms with E-state index >= 15 is 0 Å². The number of alkyl halides is 3. The minimum absolute atomic E-state index is 0.205. The van der Waals surface area contributed by atoms with Crippen LogP contribution in [0.25, 0.3) is 5.57 Å². The third-order valence-electron chi connectivity index (χ3n) is 6.05. The molecule has 2 aliphatic rings. The maximum Gasteiger partial charge on any atom is 0.416 e. The Hall–Kier alpha value is -3.09. The molecule has 0 spiro atoms. The van der Waals surface area contributed by atoms with E-state index in [1.54, 1.807) is 0 Å². The summed E-state index contributed by atoms with van der Waals surface area (Å²) in [7, 11) is 0. The van der Waals surface area contributed by atoms with Crippen LogP contribution in [0.1, 0.15) is 42.0 Å². The number of piperidine rings is 1. The third kappa shape index (κ3) is 4.29. The Balaban J connectivity index is 1.71. The van der Waals surface area contributed by atoms with Gasteiger partial charge in [0.15, 0.2) is 0 Å². The number of halogens is 3. The van der Waals surface area contributed by atoms with Crippen molar-refractivity contribution < 1.29 is 22.8 Å².